The van der Waals surface area contributed by atoms with Gasteiger partial charge in [0.25, 0.3) is 5.91 Å². The van der Waals surface area contributed by atoms with Crippen molar-refractivity contribution in [3.63, 3.8) is 0 Å². The molecule has 1 saturated carbocycles. The van der Waals surface area contributed by atoms with Crippen molar-refractivity contribution in [1.82, 2.24) is 5.32 Å². The Morgan fingerprint density at radius 2 is 2.26 bits per heavy atom. The van der Waals surface area contributed by atoms with Crippen molar-refractivity contribution in [2.24, 2.45) is 5.92 Å². The number of hydrogen-bond donors (Lipinski definition) is 2. The third-order valence-corrected chi connectivity index (χ3v) is 4.98. The minimum Gasteiger partial charge on any atom is -0.507 e. The molecule has 0 heterocycles. The molecule has 2 atom stereocenters. The van der Waals surface area contributed by atoms with E-state index >= 15 is 0 Å². The molecular formula is C14H17BrINO2. The van der Waals surface area contributed by atoms with Crippen LogP contribution in [-0.4, -0.2) is 22.4 Å². The van der Waals surface area contributed by atoms with Gasteiger partial charge in [0.05, 0.1) is 5.56 Å². The molecule has 0 spiro atoms. The quantitative estimate of drug-likeness (QED) is 0.559. The third-order valence-electron chi connectivity index (χ3n) is 3.47. The number of halogens is 2. The summed E-state index contributed by atoms with van der Waals surface area (Å²) in [6.45, 7) is 0.686. The Bertz CT molecular complexity index is 467. The number of rotatable bonds is 3. The zero-order valence-electron chi connectivity index (χ0n) is 10.5. The fourth-order valence-electron chi connectivity index (χ4n) is 2.43. The lowest BCUT2D eigenvalue weighted by Gasteiger charge is -2.25. The summed E-state index contributed by atoms with van der Waals surface area (Å²) in [5.74, 6) is 0.389. The maximum absolute atomic E-state index is 12.1. The number of carbonyl (C=O) groups excluding carboxylic acids is 1. The number of benzene rings is 1. The Morgan fingerprint density at radius 3 is 3.00 bits per heavy atom. The zero-order valence-corrected chi connectivity index (χ0v) is 14.3. The standard InChI is InChI=1S/C14H17BrINO2/c15-10-3-1-2-9(6-10)8-17-14(19)12-7-11(16)4-5-13(12)18/h4-5,7,9-10,18H,1-3,6,8H2,(H,17,19). The Morgan fingerprint density at radius 1 is 1.47 bits per heavy atom. The van der Waals surface area contributed by atoms with Gasteiger partial charge in [0.15, 0.2) is 0 Å². The summed E-state index contributed by atoms with van der Waals surface area (Å²) in [6.07, 6.45) is 4.71. The molecule has 1 fully saturated rings. The van der Waals surface area contributed by atoms with Gasteiger partial charge in [0, 0.05) is 14.9 Å². The fourth-order valence-corrected chi connectivity index (χ4v) is 3.78. The highest BCUT2D eigenvalue weighted by molar-refractivity contribution is 14.1. The Hall–Kier alpha value is -0.300. The summed E-state index contributed by atoms with van der Waals surface area (Å²) < 4.78 is 0.943. The van der Waals surface area contributed by atoms with Gasteiger partial charge in [-0.25, -0.2) is 0 Å². The van der Waals surface area contributed by atoms with Gasteiger partial charge in [-0.15, -0.1) is 0 Å². The molecule has 0 aromatic heterocycles. The predicted octanol–water partition coefficient (Wildman–Crippen LogP) is 3.68. The van der Waals surface area contributed by atoms with Gasteiger partial charge in [0.1, 0.15) is 5.75 Å². The lowest BCUT2D eigenvalue weighted by atomic mass is 9.89. The van der Waals surface area contributed by atoms with Crippen molar-refractivity contribution >= 4 is 44.4 Å². The van der Waals surface area contributed by atoms with Crippen LogP contribution in [0.5, 0.6) is 5.75 Å². The number of nitrogens with one attached hydrogen (secondary N) is 1. The molecule has 1 aromatic carbocycles. The molecule has 1 amide bonds. The molecule has 19 heavy (non-hydrogen) atoms. The predicted molar refractivity (Wildman–Crippen MR) is 87.8 cm³/mol. The average molecular weight is 438 g/mol. The van der Waals surface area contributed by atoms with Crippen molar-refractivity contribution in [3.8, 4) is 5.75 Å². The normalized spacial score (nSPS) is 23.1. The van der Waals surface area contributed by atoms with Gasteiger partial charge in [-0.2, -0.15) is 0 Å². The molecule has 3 nitrogen and oxygen atoms in total. The number of aromatic hydroxyl groups is 1. The molecule has 2 N–H and O–H groups in total. The van der Waals surface area contributed by atoms with Crippen molar-refractivity contribution in [2.45, 2.75) is 30.5 Å². The second-order valence-corrected chi connectivity index (χ2v) is 7.54. The average Bonchev–Trinajstić information content (AvgIpc) is 2.39. The first kappa shape index (κ1) is 15.1. The van der Waals surface area contributed by atoms with E-state index in [-0.39, 0.29) is 11.7 Å². The van der Waals surface area contributed by atoms with Crippen LogP contribution in [0.3, 0.4) is 0 Å². The number of hydrogen-bond acceptors (Lipinski definition) is 2. The highest BCUT2D eigenvalue weighted by Crippen LogP contribution is 2.28. The second kappa shape index (κ2) is 6.92. The molecule has 1 aliphatic rings. The van der Waals surface area contributed by atoms with Crippen molar-refractivity contribution in [3.05, 3.63) is 27.3 Å². The van der Waals surface area contributed by atoms with E-state index in [4.69, 9.17) is 0 Å². The van der Waals surface area contributed by atoms with Gasteiger partial charge in [-0.3, -0.25) is 4.79 Å². The minimum absolute atomic E-state index is 0.0416. The molecule has 0 bridgehead atoms. The van der Waals surface area contributed by atoms with Crippen LogP contribution in [0.2, 0.25) is 0 Å². The van der Waals surface area contributed by atoms with Crippen LogP contribution in [0.25, 0.3) is 0 Å². The van der Waals surface area contributed by atoms with Crippen LogP contribution < -0.4 is 5.32 Å². The first-order valence-corrected chi connectivity index (χ1v) is 8.46. The summed E-state index contributed by atoms with van der Waals surface area (Å²) >= 11 is 5.78. The van der Waals surface area contributed by atoms with E-state index in [9.17, 15) is 9.90 Å². The van der Waals surface area contributed by atoms with E-state index in [0.717, 1.165) is 9.99 Å². The summed E-state index contributed by atoms with van der Waals surface area (Å²) in [6, 6.07) is 5.05. The molecular weight excluding hydrogens is 421 g/mol. The number of carbonyl (C=O) groups is 1. The van der Waals surface area contributed by atoms with Gasteiger partial charge in [-0.1, -0.05) is 22.4 Å². The summed E-state index contributed by atoms with van der Waals surface area (Å²) in [5.41, 5.74) is 0.359. The molecule has 104 valence electrons. The number of phenolic OH excluding ortho intramolecular Hbond substituents is 1. The fraction of sp³-hybridized carbons (Fsp3) is 0.500. The van der Waals surface area contributed by atoms with Crippen molar-refractivity contribution in [1.29, 1.82) is 0 Å². The largest absolute Gasteiger partial charge is 0.507 e. The molecule has 0 saturated heterocycles. The van der Waals surface area contributed by atoms with E-state index in [1.54, 1.807) is 18.2 Å². The zero-order chi connectivity index (χ0) is 13.8. The van der Waals surface area contributed by atoms with E-state index in [1.165, 1.54) is 19.3 Å². The molecule has 0 aliphatic heterocycles. The van der Waals surface area contributed by atoms with Gasteiger partial charge < -0.3 is 10.4 Å². The lowest BCUT2D eigenvalue weighted by Crippen LogP contribution is -2.32. The van der Waals surface area contributed by atoms with Crippen LogP contribution in [0.1, 0.15) is 36.0 Å². The van der Waals surface area contributed by atoms with E-state index < -0.39 is 0 Å². The number of alkyl halides is 1. The number of amides is 1. The van der Waals surface area contributed by atoms with Crippen LogP contribution in [0.4, 0.5) is 0 Å². The molecule has 0 radical (unpaired) electrons. The second-order valence-electron chi connectivity index (χ2n) is 5.00. The highest BCUT2D eigenvalue weighted by Gasteiger charge is 2.21. The summed E-state index contributed by atoms with van der Waals surface area (Å²) in [4.78, 5) is 12.6. The molecule has 2 rings (SSSR count). The smallest absolute Gasteiger partial charge is 0.255 e. The maximum Gasteiger partial charge on any atom is 0.255 e. The number of phenols is 1. The maximum atomic E-state index is 12.1. The lowest BCUT2D eigenvalue weighted by molar-refractivity contribution is 0.0941. The molecule has 1 aromatic rings. The van der Waals surface area contributed by atoms with Gasteiger partial charge in [0.2, 0.25) is 0 Å². The topological polar surface area (TPSA) is 49.3 Å². The highest BCUT2D eigenvalue weighted by atomic mass is 127. The van der Waals surface area contributed by atoms with Crippen molar-refractivity contribution in [2.75, 3.05) is 6.54 Å². The summed E-state index contributed by atoms with van der Waals surface area (Å²) in [5, 5.41) is 12.6. The van der Waals surface area contributed by atoms with Crippen LogP contribution in [-0.2, 0) is 0 Å². The Kier molecular flexibility index (Phi) is 5.50. The minimum atomic E-state index is -0.187. The molecule has 2 unspecified atom stereocenters. The van der Waals surface area contributed by atoms with E-state index in [0.29, 0.717) is 22.9 Å². The van der Waals surface area contributed by atoms with E-state index in [1.807, 2.05) is 0 Å². The van der Waals surface area contributed by atoms with Crippen LogP contribution >= 0.6 is 38.5 Å². The van der Waals surface area contributed by atoms with Crippen LogP contribution in [0.15, 0.2) is 18.2 Å². The van der Waals surface area contributed by atoms with Gasteiger partial charge >= 0.3 is 0 Å². The first-order valence-electron chi connectivity index (χ1n) is 6.47. The third kappa shape index (κ3) is 4.34. The first-order chi connectivity index (χ1) is 9.06. The molecule has 1 aliphatic carbocycles. The Labute approximate surface area is 135 Å². The Balaban J connectivity index is 1.92. The van der Waals surface area contributed by atoms with E-state index in [2.05, 4.69) is 43.8 Å². The molecule has 5 heteroatoms. The summed E-state index contributed by atoms with van der Waals surface area (Å²) in [7, 11) is 0. The van der Waals surface area contributed by atoms with Gasteiger partial charge in [-0.05, 0) is 66.0 Å². The van der Waals surface area contributed by atoms with Crippen LogP contribution in [0, 0.1) is 9.49 Å². The van der Waals surface area contributed by atoms with Crippen molar-refractivity contribution < 1.29 is 9.90 Å². The SMILES string of the molecule is O=C(NCC1CCCC(Br)C1)c1cc(I)ccc1O. The monoisotopic (exact) mass is 437 g/mol.